The van der Waals surface area contributed by atoms with Crippen molar-refractivity contribution in [3.05, 3.63) is 64.6 Å². The molecule has 0 spiro atoms. The Morgan fingerprint density at radius 2 is 2.06 bits per heavy atom. The molecule has 9 nitrogen and oxygen atoms in total. The van der Waals surface area contributed by atoms with Gasteiger partial charge in [0.2, 0.25) is 5.91 Å². The second kappa shape index (κ2) is 7.88. The summed E-state index contributed by atoms with van der Waals surface area (Å²) >= 11 is 0. The Labute approximate surface area is 175 Å². The van der Waals surface area contributed by atoms with Gasteiger partial charge in [0.25, 0.3) is 5.56 Å². The van der Waals surface area contributed by atoms with E-state index >= 15 is 0 Å². The van der Waals surface area contributed by atoms with Crippen LogP contribution in [0.15, 0.2) is 47.5 Å². The summed E-state index contributed by atoms with van der Waals surface area (Å²) in [5.74, 6) is -0.451. The lowest BCUT2D eigenvalue weighted by molar-refractivity contribution is -0.116. The quantitative estimate of drug-likeness (QED) is 0.540. The molecule has 0 unspecified atom stereocenters. The van der Waals surface area contributed by atoms with E-state index in [9.17, 15) is 14.0 Å². The van der Waals surface area contributed by atoms with E-state index in [1.54, 1.807) is 22.9 Å². The summed E-state index contributed by atoms with van der Waals surface area (Å²) < 4.78 is 21.5. The Kier molecular flexibility index (Phi) is 4.91. The highest BCUT2D eigenvalue weighted by Gasteiger charge is 2.22. The van der Waals surface area contributed by atoms with Crippen LogP contribution in [-0.4, -0.2) is 43.3 Å². The third-order valence-electron chi connectivity index (χ3n) is 5.39. The van der Waals surface area contributed by atoms with E-state index in [0.29, 0.717) is 29.9 Å². The lowest BCUT2D eigenvalue weighted by atomic mass is 9.97. The lowest BCUT2D eigenvalue weighted by Gasteiger charge is -2.19. The van der Waals surface area contributed by atoms with E-state index in [-0.39, 0.29) is 29.7 Å². The van der Waals surface area contributed by atoms with Gasteiger partial charge in [-0.25, -0.2) is 14.4 Å². The molecule has 5 rings (SSSR count). The molecule has 0 bridgehead atoms. The Hall–Kier alpha value is -3.66. The van der Waals surface area contributed by atoms with Gasteiger partial charge in [0.05, 0.1) is 17.3 Å². The zero-order valence-electron chi connectivity index (χ0n) is 16.5. The van der Waals surface area contributed by atoms with Crippen LogP contribution in [-0.2, 0) is 16.1 Å². The molecule has 1 saturated heterocycles. The highest BCUT2D eigenvalue weighted by Crippen LogP contribution is 2.27. The fourth-order valence-corrected chi connectivity index (χ4v) is 3.86. The van der Waals surface area contributed by atoms with Crippen LogP contribution < -0.4 is 10.9 Å². The fourth-order valence-electron chi connectivity index (χ4n) is 3.86. The van der Waals surface area contributed by atoms with Gasteiger partial charge in [-0.2, -0.15) is 9.61 Å². The smallest absolute Gasteiger partial charge is 0.283 e. The first-order valence-corrected chi connectivity index (χ1v) is 9.96. The van der Waals surface area contributed by atoms with E-state index < -0.39 is 5.82 Å². The summed E-state index contributed by atoms with van der Waals surface area (Å²) in [5, 5.41) is 7.57. The maximum Gasteiger partial charge on any atom is 0.283 e. The molecule has 1 aliphatic rings. The molecule has 31 heavy (non-hydrogen) atoms. The fraction of sp³-hybridized carbons (Fsp3) is 0.286. The molecule has 1 aliphatic heterocycles. The average Bonchev–Trinajstić information content (AvgIpc) is 3.25. The van der Waals surface area contributed by atoms with Crippen LogP contribution in [0, 0.1) is 5.82 Å². The topological polar surface area (TPSA) is 103 Å². The summed E-state index contributed by atoms with van der Waals surface area (Å²) in [5.41, 5.74) is 1.39. The molecule has 1 amide bonds. The van der Waals surface area contributed by atoms with Crippen molar-refractivity contribution in [2.45, 2.75) is 25.3 Å². The monoisotopic (exact) mass is 422 g/mol. The Morgan fingerprint density at radius 1 is 1.23 bits per heavy atom. The molecule has 0 saturated carbocycles. The van der Waals surface area contributed by atoms with E-state index in [0.717, 1.165) is 24.7 Å². The molecule has 0 aliphatic carbocycles. The van der Waals surface area contributed by atoms with Crippen LogP contribution in [0.3, 0.4) is 0 Å². The molecule has 158 valence electrons. The largest absolute Gasteiger partial charge is 0.381 e. The van der Waals surface area contributed by atoms with Crippen molar-refractivity contribution in [2.24, 2.45) is 0 Å². The summed E-state index contributed by atoms with van der Waals surface area (Å²) in [4.78, 5) is 33.9. The average molecular weight is 422 g/mol. The number of hydrogen-bond donors (Lipinski definition) is 1. The molecule has 1 N–H and O–H groups in total. The standard InChI is InChI=1S/C21H19FN6O3/c22-14-3-4-17(24-11-14)25-18(29)12-27-19-10-16(13-5-8-31-9-6-13)26-28(19)21(30)15-2-1-7-23-20(15)27/h1-4,7,10-11,13H,5-6,8-9,12H2,(H,24,25,29). The van der Waals surface area contributed by atoms with Crippen molar-refractivity contribution in [3.63, 3.8) is 0 Å². The number of halogens is 1. The number of nitrogens with one attached hydrogen (secondary N) is 1. The van der Waals surface area contributed by atoms with E-state index in [1.807, 2.05) is 6.07 Å². The van der Waals surface area contributed by atoms with Crippen LogP contribution in [0.25, 0.3) is 16.7 Å². The molecule has 0 radical (unpaired) electrons. The summed E-state index contributed by atoms with van der Waals surface area (Å²) in [6, 6.07) is 7.77. The van der Waals surface area contributed by atoms with Crippen molar-refractivity contribution in [1.29, 1.82) is 0 Å². The van der Waals surface area contributed by atoms with Crippen molar-refractivity contribution < 1.29 is 13.9 Å². The van der Waals surface area contributed by atoms with Crippen LogP contribution in [0.2, 0.25) is 0 Å². The first kappa shape index (κ1) is 19.3. The van der Waals surface area contributed by atoms with E-state index in [1.165, 1.54) is 16.6 Å². The highest BCUT2D eigenvalue weighted by atomic mass is 19.1. The molecule has 4 aromatic heterocycles. The minimum atomic E-state index is -0.491. The number of amides is 1. The minimum Gasteiger partial charge on any atom is -0.381 e. The number of hydrogen-bond acceptors (Lipinski definition) is 6. The van der Waals surface area contributed by atoms with Gasteiger partial charge >= 0.3 is 0 Å². The van der Waals surface area contributed by atoms with Crippen molar-refractivity contribution in [3.8, 4) is 0 Å². The van der Waals surface area contributed by atoms with Crippen LogP contribution in [0.1, 0.15) is 24.5 Å². The van der Waals surface area contributed by atoms with Crippen molar-refractivity contribution in [2.75, 3.05) is 18.5 Å². The second-order valence-corrected chi connectivity index (χ2v) is 7.40. The van der Waals surface area contributed by atoms with Gasteiger partial charge in [0.15, 0.2) is 0 Å². The van der Waals surface area contributed by atoms with Gasteiger partial charge in [-0.3, -0.25) is 9.59 Å². The van der Waals surface area contributed by atoms with Gasteiger partial charge in [0.1, 0.15) is 29.5 Å². The van der Waals surface area contributed by atoms with E-state index in [4.69, 9.17) is 4.74 Å². The third kappa shape index (κ3) is 3.66. The molecule has 1 fully saturated rings. The number of nitrogens with zero attached hydrogens (tertiary/aromatic N) is 5. The molecule has 0 aromatic carbocycles. The normalized spacial score (nSPS) is 14.9. The number of carbonyl (C=O) groups is 1. The number of fused-ring (bicyclic) bond motifs is 2. The number of rotatable bonds is 4. The maximum absolute atomic E-state index is 13.1. The number of carbonyl (C=O) groups excluding carboxylic acids is 1. The molecule has 5 heterocycles. The first-order valence-electron chi connectivity index (χ1n) is 9.96. The van der Waals surface area contributed by atoms with E-state index in [2.05, 4.69) is 20.4 Å². The van der Waals surface area contributed by atoms with Gasteiger partial charge < -0.3 is 14.6 Å². The minimum absolute atomic E-state index is 0.116. The molecule has 0 atom stereocenters. The Balaban J connectivity index is 1.58. The van der Waals surface area contributed by atoms with Crippen molar-refractivity contribution >= 4 is 28.4 Å². The zero-order valence-corrected chi connectivity index (χ0v) is 16.5. The number of pyridine rings is 2. The zero-order chi connectivity index (χ0) is 21.4. The van der Waals surface area contributed by atoms with Gasteiger partial charge in [-0.15, -0.1) is 0 Å². The van der Waals surface area contributed by atoms with Crippen molar-refractivity contribution in [1.82, 2.24) is 24.1 Å². The summed E-state index contributed by atoms with van der Waals surface area (Å²) in [6.07, 6.45) is 4.25. The SMILES string of the molecule is O=C(Cn1c2ncccc2c(=O)n2nc(C3CCOCC3)cc12)Nc1ccc(F)cn1. The number of ether oxygens (including phenoxy) is 1. The second-order valence-electron chi connectivity index (χ2n) is 7.40. The molecule has 10 heteroatoms. The van der Waals surface area contributed by atoms with Crippen LogP contribution in [0.5, 0.6) is 0 Å². The Morgan fingerprint density at radius 3 is 2.84 bits per heavy atom. The molecule has 4 aromatic rings. The third-order valence-corrected chi connectivity index (χ3v) is 5.39. The lowest BCUT2D eigenvalue weighted by Crippen LogP contribution is -2.25. The van der Waals surface area contributed by atoms with Gasteiger partial charge in [-0.05, 0) is 37.1 Å². The van der Waals surface area contributed by atoms with Crippen LogP contribution in [0.4, 0.5) is 10.2 Å². The number of anilines is 1. The number of aromatic nitrogens is 5. The molecular formula is C21H19FN6O3. The molecular weight excluding hydrogens is 403 g/mol. The Bertz CT molecular complexity index is 1320. The summed E-state index contributed by atoms with van der Waals surface area (Å²) in [7, 11) is 0. The maximum atomic E-state index is 13.1. The predicted molar refractivity (Wildman–Crippen MR) is 110 cm³/mol. The van der Waals surface area contributed by atoms with Gasteiger partial charge in [-0.1, -0.05) is 0 Å². The first-order chi connectivity index (χ1) is 15.1. The predicted octanol–water partition coefficient (Wildman–Crippen LogP) is 2.11. The van der Waals surface area contributed by atoms with Crippen LogP contribution >= 0.6 is 0 Å². The summed E-state index contributed by atoms with van der Waals surface area (Å²) in [6.45, 7) is 1.19. The highest BCUT2D eigenvalue weighted by molar-refractivity contribution is 5.91. The van der Waals surface area contributed by atoms with Gasteiger partial charge in [0, 0.05) is 31.4 Å².